The maximum absolute atomic E-state index is 12.5. The van der Waals surface area contributed by atoms with E-state index in [1.165, 1.54) is 4.90 Å². The predicted octanol–water partition coefficient (Wildman–Crippen LogP) is 2.83. The number of likely N-dealkylation sites (tertiary alicyclic amines) is 1. The van der Waals surface area contributed by atoms with Gasteiger partial charge in [-0.15, -0.1) is 0 Å². The Kier molecular flexibility index (Phi) is 8.88. The highest BCUT2D eigenvalue weighted by Gasteiger charge is 2.34. The molecule has 0 saturated carbocycles. The topological polar surface area (TPSA) is 58.1 Å². The number of hydrogen-bond donors (Lipinski definition) is 2. The van der Waals surface area contributed by atoms with Crippen LogP contribution >= 0.6 is 0 Å². The Morgan fingerprint density at radius 3 is 2.66 bits per heavy atom. The van der Waals surface area contributed by atoms with Crippen LogP contribution in [-0.2, 0) is 6.42 Å². The van der Waals surface area contributed by atoms with Crippen molar-refractivity contribution in [3.63, 3.8) is 0 Å². The summed E-state index contributed by atoms with van der Waals surface area (Å²) in [7, 11) is 3.22. The smallest absolute Gasteiger partial charge is 0.401 e. The van der Waals surface area contributed by atoms with Crippen molar-refractivity contribution >= 4 is 5.96 Å². The van der Waals surface area contributed by atoms with Crippen molar-refractivity contribution in [2.75, 3.05) is 46.9 Å². The van der Waals surface area contributed by atoms with Crippen LogP contribution in [0, 0.1) is 0 Å². The number of aliphatic imine (C=N–C) groups is 1. The molecule has 1 atom stereocenters. The molecule has 1 aromatic rings. The van der Waals surface area contributed by atoms with Gasteiger partial charge in [-0.2, -0.15) is 13.2 Å². The van der Waals surface area contributed by atoms with Crippen molar-refractivity contribution in [2.45, 2.75) is 38.4 Å². The Morgan fingerprint density at radius 1 is 1.24 bits per heavy atom. The van der Waals surface area contributed by atoms with E-state index in [4.69, 9.17) is 9.47 Å². The Hall–Kier alpha value is -2.16. The van der Waals surface area contributed by atoms with Crippen LogP contribution in [0.5, 0.6) is 11.5 Å². The molecule has 0 bridgehead atoms. The molecule has 9 heteroatoms. The van der Waals surface area contributed by atoms with Crippen molar-refractivity contribution < 1.29 is 22.6 Å². The van der Waals surface area contributed by atoms with E-state index >= 15 is 0 Å². The second-order valence-corrected chi connectivity index (χ2v) is 7.03. The van der Waals surface area contributed by atoms with Gasteiger partial charge in [-0.05, 0) is 43.9 Å². The Balaban J connectivity index is 1.82. The van der Waals surface area contributed by atoms with Crippen molar-refractivity contribution in [3.05, 3.63) is 23.8 Å². The van der Waals surface area contributed by atoms with Crippen molar-refractivity contribution in [2.24, 2.45) is 4.99 Å². The SMILES string of the molecule is CCNC(=NCCCc1ccc(OC)c(OC)c1)NC1CCN(CC(F)(F)F)C1. The van der Waals surface area contributed by atoms with Gasteiger partial charge in [-0.3, -0.25) is 9.89 Å². The summed E-state index contributed by atoms with van der Waals surface area (Å²) in [5.74, 6) is 2.05. The van der Waals surface area contributed by atoms with Gasteiger partial charge in [0, 0.05) is 32.2 Å². The lowest BCUT2D eigenvalue weighted by molar-refractivity contribution is -0.143. The zero-order valence-corrected chi connectivity index (χ0v) is 17.3. The molecule has 2 rings (SSSR count). The van der Waals surface area contributed by atoms with E-state index in [0.29, 0.717) is 50.1 Å². The van der Waals surface area contributed by atoms with Gasteiger partial charge in [0.1, 0.15) is 0 Å². The lowest BCUT2D eigenvalue weighted by atomic mass is 10.1. The van der Waals surface area contributed by atoms with Gasteiger partial charge < -0.3 is 20.1 Å². The molecule has 1 aliphatic heterocycles. The highest BCUT2D eigenvalue weighted by Crippen LogP contribution is 2.28. The molecule has 0 spiro atoms. The van der Waals surface area contributed by atoms with Gasteiger partial charge in [0.15, 0.2) is 17.5 Å². The number of alkyl halides is 3. The maximum atomic E-state index is 12.5. The molecule has 29 heavy (non-hydrogen) atoms. The van der Waals surface area contributed by atoms with Crippen LogP contribution < -0.4 is 20.1 Å². The largest absolute Gasteiger partial charge is 0.493 e. The number of aryl methyl sites for hydroxylation is 1. The van der Waals surface area contributed by atoms with Gasteiger partial charge in [0.05, 0.1) is 20.8 Å². The first-order valence-electron chi connectivity index (χ1n) is 9.89. The second kappa shape index (κ2) is 11.1. The minimum atomic E-state index is -4.16. The molecule has 1 aromatic carbocycles. The maximum Gasteiger partial charge on any atom is 0.401 e. The highest BCUT2D eigenvalue weighted by atomic mass is 19.4. The molecule has 2 N–H and O–H groups in total. The third kappa shape index (κ3) is 8.00. The second-order valence-electron chi connectivity index (χ2n) is 7.03. The molecule has 1 unspecified atom stereocenters. The van der Waals surface area contributed by atoms with Crippen LogP contribution in [0.4, 0.5) is 13.2 Å². The molecule has 1 saturated heterocycles. The monoisotopic (exact) mass is 416 g/mol. The van der Waals surface area contributed by atoms with Crippen LogP contribution in [0.2, 0.25) is 0 Å². The van der Waals surface area contributed by atoms with Crippen LogP contribution in [0.3, 0.4) is 0 Å². The van der Waals surface area contributed by atoms with E-state index < -0.39 is 12.7 Å². The first-order chi connectivity index (χ1) is 13.8. The zero-order chi connectivity index (χ0) is 21.3. The number of methoxy groups -OCH3 is 2. The van der Waals surface area contributed by atoms with E-state index in [1.807, 2.05) is 25.1 Å². The third-order valence-electron chi connectivity index (χ3n) is 4.70. The van der Waals surface area contributed by atoms with Crippen LogP contribution in [0.1, 0.15) is 25.3 Å². The summed E-state index contributed by atoms with van der Waals surface area (Å²) >= 11 is 0. The highest BCUT2D eigenvalue weighted by molar-refractivity contribution is 5.80. The third-order valence-corrected chi connectivity index (χ3v) is 4.70. The van der Waals surface area contributed by atoms with Crippen LogP contribution in [0.25, 0.3) is 0 Å². The Bertz CT molecular complexity index is 668. The van der Waals surface area contributed by atoms with Gasteiger partial charge in [-0.25, -0.2) is 0 Å². The standard InChI is InChI=1S/C20H31F3N4O2/c1-4-24-19(26-16-9-11-27(13-16)14-20(21,22)23)25-10-5-6-15-7-8-17(28-2)18(12-15)29-3/h7-8,12,16H,4-6,9-11,13-14H2,1-3H3,(H2,24,25,26). The zero-order valence-electron chi connectivity index (χ0n) is 17.3. The Labute approximate surface area is 170 Å². The molecule has 0 amide bonds. The minimum absolute atomic E-state index is 0.0269. The van der Waals surface area contributed by atoms with E-state index in [2.05, 4.69) is 15.6 Å². The van der Waals surface area contributed by atoms with E-state index in [9.17, 15) is 13.2 Å². The van der Waals surface area contributed by atoms with Crippen LogP contribution in [0.15, 0.2) is 23.2 Å². The number of nitrogens with one attached hydrogen (secondary N) is 2. The molecule has 1 aliphatic rings. The molecule has 1 heterocycles. The molecule has 164 valence electrons. The van der Waals surface area contributed by atoms with Crippen LogP contribution in [-0.4, -0.2) is 70.0 Å². The quantitative estimate of drug-likeness (QED) is 0.368. The average Bonchev–Trinajstić information content (AvgIpc) is 3.09. The number of halogens is 3. The lowest BCUT2D eigenvalue weighted by Crippen LogP contribution is -2.45. The summed E-state index contributed by atoms with van der Waals surface area (Å²) in [5, 5.41) is 6.42. The Morgan fingerprint density at radius 2 is 2.00 bits per heavy atom. The molecule has 6 nitrogen and oxygen atoms in total. The van der Waals surface area contributed by atoms with Crippen molar-refractivity contribution in [1.82, 2.24) is 15.5 Å². The number of hydrogen-bond acceptors (Lipinski definition) is 4. The molecule has 0 aromatic heterocycles. The fourth-order valence-electron chi connectivity index (χ4n) is 3.37. The van der Waals surface area contributed by atoms with E-state index in [-0.39, 0.29) is 6.04 Å². The van der Waals surface area contributed by atoms with Crippen molar-refractivity contribution in [1.29, 1.82) is 0 Å². The molecule has 0 aliphatic carbocycles. The number of nitrogens with zero attached hydrogens (tertiary/aromatic N) is 2. The van der Waals surface area contributed by atoms with E-state index in [0.717, 1.165) is 18.4 Å². The van der Waals surface area contributed by atoms with Gasteiger partial charge in [0.2, 0.25) is 0 Å². The molecule has 0 radical (unpaired) electrons. The number of guanidine groups is 1. The summed E-state index contributed by atoms with van der Waals surface area (Å²) in [6.07, 6.45) is -1.80. The minimum Gasteiger partial charge on any atom is -0.493 e. The fraction of sp³-hybridized carbons (Fsp3) is 0.650. The molecule has 1 fully saturated rings. The summed E-state index contributed by atoms with van der Waals surface area (Å²) in [4.78, 5) is 5.99. The first kappa shape index (κ1) is 23.1. The number of ether oxygens (including phenoxy) is 2. The van der Waals surface area contributed by atoms with Crippen molar-refractivity contribution in [3.8, 4) is 11.5 Å². The first-order valence-corrected chi connectivity index (χ1v) is 9.89. The fourth-order valence-corrected chi connectivity index (χ4v) is 3.37. The average molecular weight is 416 g/mol. The summed E-state index contributed by atoms with van der Waals surface area (Å²) in [6.45, 7) is 3.23. The summed E-state index contributed by atoms with van der Waals surface area (Å²) < 4.78 is 48.2. The number of rotatable bonds is 9. The summed E-state index contributed by atoms with van der Waals surface area (Å²) in [6, 6.07) is 5.82. The van der Waals surface area contributed by atoms with Gasteiger partial charge >= 0.3 is 6.18 Å². The van der Waals surface area contributed by atoms with E-state index in [1.54, 1.807) is 14.2 Å². The van der Waals surface area contributed by atoms with Gasteiger partial charge in [0.25, 0.3) is 0 Å². The van der Waals surface area contributed by atoms with Gasteiger partial charge in [-0.1, -0.05) is 6.07 Å². The predicted molar refractivity (Wildman–Crippen MR) is 108 cm³/mol. The lowest BCUT2D eigenvalue weighted by Gasteiger charge is -2.19. The summed E-state index contributed by atoms with van der Waals surface area (Å²) in [5.41, 5.74) is 1.13. The molecular weight excluding hydrogens is 385 g/mol. The number of benzene rings is 1. The molecular formula is C20H31F3N4O2. The normalized spacial score (nSPS) is 18.0.